The zero-order chi connectivity index (χ0) is 25.2. The molecule has 0 spiro atoms. The molecule has 35 heavy (non-hydrogen) atoms. The summed E-state index contributed by atoms with van der Waals surface area (Å²) in [6.45, 7) is 11.2. The number of fused-ring (bicyclic) bond motifs is 7. The van der Waals surface area contributed by atoms with Crippen LogP contribution in [0.1, 0.15) is 59.4 Å². The maximum absolute atomic E-state index is 12.8. The lowest BCUT2D eigenvalue weighted by Crippen LogP contribution is -2.52. The largest absolute Gasteiger partial charge is 0.469 e. The standard InChI is InChI=1S/C27H38N2O6/c1-25(2)17-12-13-27(25,5)22-21(17)29-23(34-22)20(26(3,4)35-29)18(14-19(30)32-6)28-24(31)33-15-16-10-8-7-9-11-16/h7-11,17-18,20-23H,12-15H2,1-6H3,(H,28,31)/t17-,18-,20+,21?,22?,23+,27+/m0/s1. The summed E-state index contributed by atoms with van der Waals surface area (Å²) in [6.07, 6.45) is 1.41. The Morgan fingerprint density at radius 2 is 1.89 bits per heavy atom. The number of hydrogen-bond acceptors (Lipinski definition) is 7. The molecule has 192 valence electrons. The van der Waals surface area contributed by atoms with Gasteiger partial charge in [0.15, 0.2) is 0 Å². The molecular weight excluding hydrogens is 448 g/mol. The van der Waals surface area contributed by atoms with Gasteiger partial charge in [0.2, 0.25) is 0 Å². The normalized spacial score (nSPS) is 36.9. The maximum atomic E-state index is 12.8. The van der Waals surface area contributed by atoms with E-state index in [4.69, 9.17) is 19.0 Å². The van der Waals surface area contributed by atoms with Crippen LogP contribution in [-0.2, 0) is 30.4 Å². The average Bonchev–Trinajstić information content (AvgIpc) is 3.41. The van der Waals surface area contributed by atoms with Crippen molar-refractivity contribution < 1.29 is 28.6 Å². The molecule has 8 heteroatoms. The van der Waals surface area contributed by atoms with Crippen molar-refractivity contribution in [3.63, 3.8) is 0 Å². The molecule has 4 fully saturated rings. The van der Waals surface area contributed by atoms with Gasteiger partial charge in [0.05, 0.1) is 43.2 Å². The zero-order valence-electron chi connectivity index (χ0n) is 21.6. The van der Waals surface area contributed by atoms with Crippen LogP contribution in [0.4, 0.5) is 4.79 Å². The molecule has 8 nitrogen and oxygen atoms in total. The van der Waals surface area contributed by atoms with Crippen molar-refractivity contribution in [1.29, 1.82) is 0 Å². The van der Waals surface area contributed by atoms with Crippen molar-refractivity contribution in [2.75, 3.05) is 7.11 Å². The monoisotopic (exact) mass is 486 g/mol. The molecular formula is C27H38N2O6. The number of nitrogens with one attached hydrogen (secondary N) is 1. The second kappa shape index (κ2) is 8.46. The highest BCUT2D eigenvalue weighted by Gasteiger charge is 2.75. The minimum atomic E-state index is -0.659. The molecule has 1 aromatic carbocycles. The van der Waals surface area contributed by atoms with Gasteiger partial charge in [-0.25, -0.2) is 4.79 Å². The number of esters is 1. The molecule has 2 saturated heterocycles. The smallest absolute Gasteiger partial charge is 0.407 e. The van der Waals surface area contributed by atoms with E-state index in [0.717, 1.165) is 18.4 Å². The number of ether oxygens (including phenoxy) is 3. The summed E-state index contributed by atoms with van der Waals surface area (Å²) < 4.78 is 17.2. The number of amides is 1. The van der Waals surface area contributed by atoms with Crippen molar-refractivity contribution >= 4 is 12.1 Å². The molecule has 4 aliphatic rings. The van der Waals surface area contributed by atoms with Crippen LogP contribution < -0.4 is 5.32 Å². The number of benzene rings is 1. The molecule has 2 aliphatic carbocycles. The quantitative estimate of drug-likeness (QED) is 0.608. The first-order valence-electron chi connectivity index (χ1n) is 12.7. The number of carbonyl (C=O) groups is 2. The summed E-state index contributed by atoms with van der Waals surface area (Å²) >= 11 is 0. The topological polar surface area (TPSA) is 86.3 Å². The van der Waals surface area contributed by atoms with Gasteiger partial charge in [-0.2, -0.15) is 5.06 Å². The molecule has 5 rings (SSSR count). The van der Waals surface area contributed by atoms with E-state index in [1.54, 1.807) is 0 Å². The summed E-state index contributed by atoms with van der Waals surface area (Å²) in [7, 11) is 1.35. The first kappa shape index (κ1) is 24.5. The Morgan fingerprint density at radius 3 is 2.57 bits per heavy atom. The number of hydrogen-bond donors (Lipinski definition) is 1. The predicted octanol–water partition coefficient (Wildman–Crippen LogP) is 4.04. The molecule has 0 radical (unpaired) electrons. The number of carbonyl (C=O) groups excluding carboxylic acids is 2. The summed E-state index contributed by atoms with van der Waals surface area (Å²) in [6, 6.07) is 9.09. The summed E-state index contributed by atoms with van der Waals surface area (Å²) in [4.78, 5) is 31.8. The van der Waals surface area contributed by atoms with E-state index < -0.39 is 23.7 Å². The molecule has 7 atom stereocenters. The Labute approximate surface area is 207 Å². The van der Waals surface area contributed by atoms with Gasteiger partial charge < -0.3 is 19.5 Å². The van der Waals surface area contributed by atoms with Gasteiger partial charge in [-0.05, 0) is 43.6 Å². The average molecular weight is 487 g/mol. The molecule has 2 saturated carbocycles. The van der Waals surface area contributed by atoms with E-state index in [1.807, 2.05) is 49.2 Å². The third-order valence-electron chi connectivity index (χ3n) is 9.57. The second-order valence-electron chi connectivity index (χ2n) is 11.9. The molecule has 1 aromatic rings. The summed E-state index contributed by atoms with van der Waals surface area (Å²) in [5.74, 6) is -0.221. The van der Waals surface area contributed by atoms with Crippen LogP contribution in [0.25, 0.3) is 0 Å². The molecule has 2 unspecified atom stereocenters. The lowest BCUT2D eigenvalue weighted by atomic mass is 9.70. The molecule has 1 amide bonds. The Bertz CT molecular complexity index is 981. The van der Waals surface area contributed by atoms with Gasteiger partial charge in [0.25, 0.3) is 0 Å². The zero-order valence-corrected chi connectivity index (χ0v) is 21.6. The molecule has 2 heterocycles. The highest BCUT2D eigenvalue weighted by molar-refractivity contribution is 5.72. The van der Waals surface area contributed by atoms with Crippen LogP contribution in [0.2, 0.25) is 0 Å². The third-order valence-corrected chi connectivity index (χ3v) is 9.57. The van der Waals surface area contributed by atoms with E-state index in [-0.39, 0.29) is 48.1 Å². The van der Waals surface area contributed by atoms with E-state index >= 15 is 0 Å². The van der Waals surface area contributed by atoms with Gasteiger partial charge in [0.1, 0.15) is 12.8 Å². The fourth-order valence-corrected chi connectivity index (χ4v) is 7.34. The minimum Gasteiger partial charge on any atom is -0.469 e. The number of alkyl carbamates (subject to hydrolysis) is 1. The first-order chi connectivity index (χ1) is 16.5. The van der Waals surface area contributed by atoms with Crippen LogP contribution in [-0.4, -0.2) is 54.3 Å². The van der Waals surface area contributed by atoms with Crippen LogP contribution in [0.5, 0.6) is 0 Å². The van der Waals surface area contributed by atoms with Crippen molar-refractivity contribution in [2.45, 2.75) is 90.5 Å². The van der Waals surface area contributed by atoms with Crippen LogP contribution in [0, 0.1) is 22.7 Å². The van der Waals surface area contributed by atoms with Crippen LogP contribution in [0.15, 0.2) is 30.3 Å². The molecule has 2 bridgehead atoms. The van der Waals surface area contributed by atoms with Gasteiger partial charge in [-0.15, -0.1) is 0 Å². The molecule has 0 aromatic heterocycles. The fraction of sp³-hybridized carbons (Fsp3) is 0.704. The van der Waals surface area contributed by atoms with Crippen molar-refractivity contribution in [3.8, 4) is 0 Å². The Balaban J connectivity index is 1.37. The maximum Gasteiger partial charge on any atom is 0.407 e. The van der Waals surface area contributed by atoms with E-state index in [0.29, 0.717) is 5.92 Å². The lowest BCUT2D eigenvalue weighted by molar-refractivity contribution is -0.221. The molecule has 2 aliphatic heterocycles. The van der Waals surface area contributed by atoms with Crippen molar-refractivity contribution in [3.05, 3.63) is 35.9 Å². The highest BCUT2D eigenvalue weighted by atomic mass is 16.8. The molecule has 1 N–H and O–H groups in total. The van der Waals surface area contributed by atoms with E-state index in [9.17, 15) is 9.59 Å². The fourth-order valence-electron chi connectivity index (χ4n) is 7.34. The van der Waals surface area contributed by atoms with Crippen molar-refractivity contribution in [1.82, 2.24) is 10.4 Å². The summed E-state index contributed by atoms with van der Waals surface area (Å²) in [5.41, 5.74) is 0.448. The van der Waals surface area contributed by atoms with Gasteiger partial charge in [0, 0.05) is 5.41 Å². The predicted molar refractivity (Wildman–Crippen MR) is 128 cm³/mol. The Kier molecular flexibility index (Phi) is 5.93. The lowest BCUT2D eigenvalue weighted by Gasteiger charge is -2.40. The third kappa shape index (κ3) is 3.76. The number of methoxy groups -OCH3 is 1. The number of nitrogens with zero attached hydrogens (tertiary/aromatic N) is 1. The van der Waals surface area contributed by atoms with Gasteiger partial charge in [-0.3, -0.25) is 9.63 Å². The SMILES string of the molecule is COC(=O)C[C@H](NC(=O)OCc1ccccc1)[C@@H]1[C@H]2OC3C([C@@H]4CC[C@@]3(C)C4(C)C)N2OC1(C)C. The van der Waals surface area contributed by atoms with Crippen LogP contribution in [0.3, 0.4) is 0 Å². The number of hydroxylamine groups is 2. The highest BCUT2D eigenvalue weighted by Crippen LogP contribution is 2.70. The first-order valence-corrected chi connectivity index (χ1v) is 12.7. The van der Waals surface area contributed by atoms with Crippen molar-refractivity contribution in [2.24, 2.45) is 22.7 Å². The second-order valence-corrected chi connectivity index (χ2v) is 11.9. The van der Waals surface area contributed by atoms with Crippen LogP contribution >= 0.6 is 0 Å². The Morgan fingerprint density at radius 1 is 1.17 bits per heavy atom. The van der Waals surface area contributed by atoms with Gasteiger partial charge >= 0.3 is 12.1 Å². The number of rotatable bonds is 6. The van der Waals surface area contributed by atoms with E-state index in [1.165, 1.54) is 7.11 Å². The van der Waals surface area contributed by atoms with Gasteiger partial charge in [-0.1, -0.05) is 51.1 Å². The minimum absolute atomic E-state index is 0.00359. The summed E-state index contributed by atoms with van der Waals surface area (Å²) in [5, 5.41) is 4.99. The Hall–Kier alpha value is -2.16. The van der Waals surface area contributed by atoms with E-state index in [2.05, 4.69) is 26.1 Å².